The average Bonchev–Trinajstić information content (AvgIpc) is 3.34. The monoisotopic (exact) mass is 424 g/mol. The molecule has 4 aromatic rings. The number of fused-ring (bicyclic) bond motifs is 2. The van der Waals surface area contributed by atoms with E-state index in [1.54, 1.807) is 26.2 Å². The number of aryl methyl sites for hydroxylation is 2. The molecule has 0 aromatic carbocycles. The van der Waals surface area contributed by atoms with Crippen LogP contribution in [0.1, 0.15) is 34.9 Å². The number of rotatable bonds is 5. The maximum absolute atomic E-state index is 12.9. The molecule has 0 unspecified atom stereocenters. The van der Waals surface area contributed by atoms with Crippen molar-refractivity contribution in [3.63, 3.8) is 0 Å². The van der Waals surface area contributed by atoms with Gasteiger partial charge in [-0.05, 0) is 25.8 Å². The summed E-state index contributed by atoms with van der Waals surface area (Å²) in [5.41, 5.74) is 2.41. The van der Waals surface area contributed by atoms with E-state index >= 15 is 0 Å². The number of esters is 1. The summed E-state index contributed by atoms with van der Waals surface area (Å²) in [6, 6.07) is 0. The summed E-state index contributed by atoms with van der Waals surface area (Å²) in [5, 5.41) is 5.37. The fourth-order valence-corrected chi connectivity index (χ4v) is 3.86. The molecule has 0 aliphatic rings. The van der Waals surface area contributed by atoms with Gasteiger partial charge in [-0.15, -0.1) is 16.4 Å². The van der Waals surface area contributed by atoms with Crippen molar-refractivity contribution < 1.29 is 22.7 Å². The molecular weight excluding hydrogens is 409 g/mol. The van der Waals surface area contributed by atoms with Gasteiger partial charge in [0.1, 0.15) is 6.61 Å². The number of ether oxygens (including phenoxy) is 1. The Hall–Kier alpha value is -3.02. The van der Waals surface area contributed by atoms with Crippen molar-refractivity contribution >= 4 is 28.0 Å². The van der Waals surface area contributed by atoms with Gasteiger partial charge in [0.05, 0.1) is 5.69 Å². The van der Waals surface area contributed by atoms with Crippen LogP contribution in [0.25, 0.3) is 10.7 Å². The minimum absolute atomic E-state index is 0.0624. The van der Waals surface area contributed by atoms with Crippen molar-refractivity contribution in [1.29, 1.82) is 0 Å². The van der Waals surface area contributed by atoms with Crippen LogP contribution in [0.4, 0.5) is 13.2 Å². The summed E-state index contributed by atoms with van der Waals surface area (Å²) < 4.78 is 46.8. The predicted octanol–water partition coefficient (Wildman–Crippen LogP) is 3.15. The molecule has 0 aliphatic heterocycles. The van der Waals surface area contributed by atoms with Crippen LogP contribution < -0.4 is 0 Å². The fraction of sp³-hybridized carbons (Fsp3) is 0.353. The lowest BCUT2D eigenvalue weighted by Crippen LogP contribution is -2.11. The fourth-order valence-electron chi connectivity index (χ4n) is 3.02. The number of alkyl halides is 3. The molecule has 0 saturated heterocycles. The molecule has 4 rings (SSSR count). The first-order valence-corrected chi connectivity index (χ1v) is 9.47. The first-order valence-electron chi connectivity index (χ1n) is 8.59. The second-order valence-electron chi connectivity index (χ2n) is 6.37. The van der Waals surface area contributed by atoms with E-state index in [4.69, 9.17) is 4.74 Å². The molecule has 0 amide bonds. The van der Waals surface area contributed by atoms with Crippen LogP contribution in [0.5, 0.6) is 0 Å². The molecule has 4 aromatic heterocycles. The Morgan fingerprint density at radius 3 is 2.83 bits per heavy atom. The van der Waals surface area contributed by atoms with E-state index in [1.165, 1.54) is 11.3 Å². The van der Waals surface area contributed by atoms with Gasteiger partial charge >= 0.3 is 12.1 Å². The number of carbonyl (C=O) groups excluding carboxylic acids is 1. The molecule has 8 nitrogen and oxygen atoms in total. The molecular formula is C17H15F3N6O2S. The molecule has 4 heterocycles. The molecule has 0 aliphatic carbocycles. The van der Waals surface area contributed by atoms with Crippen molar-refractivity contribution in [3.8, 4) is 0 Å². The number of aromatic nitrogens is 6. The smallest absolute Gasteiger partial charge is 0.453 e. The van der Waals surface area contributed by atoms with Gasteiger partial charge in [0.25, 0.3) is 11.6 Å². The molecule has 152 valence electrons. The first kappa shape index (κ1) is 19.3. The van der Waals surface area contributed by atoms with Crippen LogP contribution in [-0.2, 0) is 28.7 Å². The van der Waals surface area contributed by atoms with Crippen LogP contribution in [-0.4, -0.2) is 34.9 Å². The van der Waals surface area contributed by atoms with Gasteiger partial charge in [-0.3, -0.25) is 9.20 Å². The Morgan fingerprint density at radius 2 is 2.07 bits per heavy atom. The molecule has 29 heavy (non-hydrogen) atoms. The zero-order valence-electron chi connectivity index (χ0n) is 15.4. The van der Waals surface area contributed by atoms with E-state index in [2.05, 4.69) is 20.1 Å². The van der Waals surface area contributed by atoms with Crippen LogP contribution in [0.2, 0.25) is 0 Å². The number of hydrogen-bond donors (Lipinski definition) is 0. The highest BCUT2D eigenvalue weighted by atomic mass is 32.1. The number of nitrogens with zero attached hydrogens (tertiary/aromatic N) is 6. The standard InChI is InChI=1S/C17H15F3N6O2S/c1-9-12(10(2)26-15(22-9)23-14(24-26)17(18,19)20)3-4-13(27)28-7-11-8-29-16-21-5-6-25(11)16/h5-6,8H,3-4,7H2,1-2H3. The lowest BCUT2D eigenvalue weighted by Gasteiger charge is -2.10. The lowest BCUT2D eigenvalue weighted by molar-refractivity contribution is -0.145. The van der Waals surface area contributed by atoms with Gasteiger partial charge in [-0.2, -0.15) is 18.2 Å². The first-order chi connectivity index (χ1) is 13.7. The van der Waals surface area contributed by atoms with Crippen molar-refractivity contribution in [2.75, 3.05) is 0 Å². The second-order valence-corrected chi connectivity index (χ2v) is 7.21. The highest BCUT2D eigenvalue weighted by Crippen LogP contribution is 2.27. The second kappa shape index (κ2) is 7.10. The normalized spacial score (nSPS) is 12.2. The van der Waals surface area contributed by atoms with E-state index in [9.17, 15) is 18.0 Å². The van der Waals surface area contributed by atoms with Crippen LogP contribution in [0, 0.1) is 13.8 Å². The van der Waals surface area contributed by atoms with E-state index in [-0.39, 0.29) is 25.2 Å². The third-order valence-corrected chi connectivity index (χ3v) is 5.38. The Balaban J connectivity index is 1.46. The van der Waals surface area contributed by atoms with Crippen LogP contribution >= 0.6 is 11.3 Å². The Morgan fingerprint density at radius 1 is 1.28 bits per heavy atom. The minimum atomic E-state index is -4.65. The number of halogens is 3. The Labute approximate surface area is 166 Å². The largest absolute Gasteiger partial charge is 0.459 e. The zero-order chi connectivity index (χ0) is 20.8. The zero-order valence-corrected chi connectivity index (χ0v) is 16.2. The summed E-state index contributed by atoms with van der Waals surface area (Å²) in [6.07, 6.45) is -0.867. The van der Waals surface area contributed by atoms with E-state index in [0.717, 1.165) is 15.2 Å². The molecule has 0 saturated carbocycles. The number of thiazole rings is 1. The van der Waals surface area contributed by atoms with Gasteiger partial charge in [-0.1, -0.05) is 0 Å². The third-order valence-electron chi connectivity index (χ3n) is 4.48. The maximum atomic E-state index is 12.9. The van der Waals surface area contributed by atoms with Gasteiger partial charge < -0.3 is 4.74 Å². The maximum Gasteiger partial charge on any atom is 0.453 e. The Kier molecular flexibility index (Phi) is 4.73. The number of imidazole rings is 1. The third kappa shape index (κ3) is 3.67. The summed E-state index contributed by atoms with van der Waals surface area (Å²) in [6.45, 7) is 3.40. The topological polar surface area (TPSA) is 86.7 Å². The van der Waals surface area contributed by atoms with E-state index in [0.29, 0.717) is 17.0 Å². The average molecular weight is 424 g/mol. The number of carbonyl (C=O) groups is 1. The summed E-state index contributed by atoms with van der Waals surface area (Å²) >= 11 is 1.45. The van der Waals surface area contributed by atoms with Crippen molar-refractivity contribution in [2.24, 2.45) is 0 Å². The van der Waals surface area contributed by atoms with Gasteiger partial charge in [0.2, 0.25) is 0 Å². The number of hydrogen-bond acceptors (Lipinski definition) is 7. The predicted molar refractivity (Wildman–Crippen MR) is 96.4 cm³/mol. The van der Waals surface area contributed by atoms with Crippen LogP contribution in [0.15, 0.2) is 17.8 Å². The van der Waals surface area contributed by atoms with E-state index in [1.807, 2.05) is 9.78 Å². The molecule has 0 spiro atoms. The molecule has 0 fully saturated rings. The van der Waals surface area contributed by atoms with Crippen molar-refractivity contribution in [3.05, 3.63) is 46.2 Å². The quantitative estimate of drug-likeness (QED) is 0.458. The molecule has 0 atom stereocenters. The molecule has 12 heteroatoms. The molecule has 0 N–H and O–H groups in total. The highest BCUT2D eigenvalue weighted by Gasteiger charge is 2.37. The van der Waals surface area contributed by atoms with E-state index < -0.39 is 18.0 Å². The summed E-state index contributed by atoms with van der Waals surface area (Å²) in [5.74, 6) is -1.79. The highest BCUT2D eigenvalue weighted by molar-refractivity contribution is 7.15. The van der Waals surface area contributed by atoms with Crippen molar-refractivity contribution in [1.82, 2.24) is 29.0 Å². The van der Waals surface area contributed by atoms with Crippen LogP contribution in [0.3, 0.4) is 0 Å². The molecule has 0 radical (unpaired) electrons. The SMILES string of the molecule is Cc1nc2nc(C(F)(F)F)nn2c(C)c1CCC(=O)OCc1csc2nccn12. The summed E-state index contributed by atoms with van der Waals surface area (Å²) in [7, 11) is 0. The van der Waals surface area contributed by atoms with Gasteiger partial charge in [0.15, 0.2) is 4.96 Å². The lowest BCUT2D eigenvalue weighted by atomic mass is 10.1. The van der Waals surface area contributed by atoms with Gasteiger partial charge in [-0.25, -0.2) is 14.5 Å². The summed E-state index contributed by atoms with van der Waals surface area (Å²) in [4.78, 5) is 24.7. The molecule has 0 bridgehead atoms. The van der Waals surface area contributed by atoms with Crippen molar-refractivity contribution in [2.45, 2.75) is 39.5 Å². The minimum Gasteiger partial charge on any atom is -0.459 e. The van der Waals surface area contributed by atoms with Gasteiger partial charge in [0, 0.05) is 35.6 Å². The Bertz CT molecular complexity index is 1210.